The van der Waals surface area contributed by atoms with Crippen LogP contribution in [0.2, 0.25) is 0 Å². The molecule has 0 saturated heterocycles. The van der Waals surface area contributed by atoms with Crippen LogP contribution in [-0.2, 0) is 4.79 Å². The molecule has 138 valence electrons. The van der Waals surface area contributed by atoms with Gasteiger partial charge in [0.1, 0.15) is 6.61 Å². The third-order valence-electron chi connectivity index (χ3n) is 4.06. The van der Waals surface area contributed by atoms with E-state index in [1.165, 1.54) is 0 Å². The molecule has 2 heterocycles. The smallest absolute Gasteiger partial charge is 0.284 e. The highest BCUT2D eigenvalue weighted by atomic mass is 16.7. The molecule has 2 aliphatic rings. The minimum absolute atomic E-state index is 0.143. The van der Waals surface area contributed by atoms with Gasteiger partial charge in [0.05, 0.1) is 5.71 Å². The van der Waals surface area contributed by atoms with Crippen LogP contribution in [0, 0.1) is 0 Å². The summed E-state index contributed by atoms with van der Waals surface area (Å²) in [7, 11) is 0. The van der Waals surface area contributed by atoms with Gasteiger partial charge in [-0.1, -0.05) is 24.3 Å². The Morgan fingerprint density at radius 2 is 1.85 bits per heavy atom. The molecule has 1 amide bonds. The van der Waals surface area contributed by atoms with Crippen molar-refractivity contribution in [2.24, 2.45) is 5.10 Å². The maximum atomic E-state index is 12.2. The Kier molecular flexibility index (Phi) is 4.65. The van der Waals surface area contributed by atoms with Gasteiger partial charge < -0.3 is 18.9 Å². The molecule has 2 aromatic carbocycles. The van der Waals surface area contributed by atoms with Gasteiger partial charge >= 0.3 is 0 Å². The topological polar surface area (TPSA) is 78.4 Å². The zero-order valence-electron chi connectivity index (χ0n) is 14.7. The van der Waals surface area contributed by atoms with E-state index in [4.69, 9.17) is 18.9 Å². The van der Waals surface area contributed by atoms with E-state index < -0.39 is 6.10 Å². The summed E-state index contributed by atoms with van der Waals surface area (Å²) in [5, 5.41) is 4.08. The van der Waals surface area contributed by atoms with Crippen molar-refractivity contribution in [1.82, 2.24) is 5.43 Å². The summed E-state index contributed by atoms with van der Waals surface area (Å²) in [6, 6.07) is 12.9. The van der Waals surface area contributed by atoms with E-state index in [1.807, 2.05) is 36.4 Å². The van der Waals surface area contributed by atoms with Crippen molar-refractivity contribution in [3.05, 3.63) is 54.1 Å². The summed E-state index contributed by atoms with van der Waals surface area (Å²) in [5.74, 6) is 2.27. The first kappa shape index (κ1) is 17.0. The standard InChI is InChI=1S/C20H18N2O5/c1-13(6-7-14-8-9-16-18(10-14)26-12-25-16)21-22-20(23)19-11-24-15-4-2-3-5-17(15)27-19/h2-10,19H,11-12H2,1H3,(H,22,23)/b7-6+,21-13+/t19-/m1/s1. The van der Waals surface area contributed by atoms with Crippen LogP contribution in [0.15, 0.2) is 53.6 Å². The molecular weight excluding hydrogens is 348 g/mol. The highest BCUT2D eigenvalue weighted by Gasteiger charge is 2.27. The summed E-state index contributed by atoms with van der Waals surface area (Å²) in [5.41, 5.74) is 4.09. The molecule has 0 unspecified atom stereocenters. The van der Waals surface area contributed by atoms with E-state index in [-0.39, 0.29) is 19.3 Å². The second kappa shape index (κ2) is 7.41. The zero-order chi connectivity index (χ0) is 18.6. The van der Waals surface area contributed by atoms with Gasteiger partial charge in [-0.05, 0) is 42.8 Å². The molecule has 2 aromatic rings. The van der Waals surface area contributed by atoms with Crippen molar-refractivity contribution < 1.29 is 23.7 Å². The van der Waals surface area contributed by atoms with Gasteiger partial charge in [-0.2, -0.15) is 5.10 Å². The number of benzene rings is 2. The van der Waals surface area contributed by atoms with Crippen LogP contribution in [0.5, 0.6) is 23.0 Å². The van der Waals surface area contributed by atoms with E-state index in [2.05, 4.69) is 10.5 Å². The molecular formula is C20H18N2O5. The molecule has 2 aliphatic heterocycles. The van der Waals surface area contributed by atoms with Crippen molar-refractivity contribution >= 4 is 17.7 Å². The summed E-state index contributed by atoms with van der Waals surface area (Å²) < 4.78 is 21.8. The molecule has 0 bridgehead atoms. The average molecular weight is 366 g/mol. The Bertz CT molecular complexity index is 922. The number of nitrogens with zero attached hydrogens (tertiary/aromatic N) is 1. The molecule has 0 saturated carbocycles. The fourth-order valence-corrected chi connectivity index (χ4v) is 2.63. The molecule has 4 rings (SSSR count). The van der Waals surface area contributed by atoms with E-state index in [0.717, 1.165) is 17.1 Å². The number of allylic oxidation sites excluding steroid dienone is 1. The number of carbonyl (C=O) groups excluding carboxylic acids is 1. The van der Waals surface area contributed by atoms with Gasteiger partial charge in [-0.15, -0.1) is 0 Å². The first-order valence-electron chi connectivity index (χ1n) is 8.49. The summed E-state index contributed by atoms with van der Waals surface area (Å²) in [6.45, 7) is 2.17. The quantitative estimate of drug-likeness (QED) is 0.665. The first-order valence-corrected chi connectivity index (χ1v) is 8.49. The fourth-order valence-electron chi connectivity index (χ4n) is 2.63. The highest BCUT2D eigenvalue weighted by molar-refractivity contribution is 5.97. The van der Waals surface area contributed by atoms with E-state index in [1.54, 1.807) is 25.1 Å². The summed E-state index contributed by atoms with van der Waals surface area (Å²) >= 11 is 0. The molecule has 7 heteroatoms. The van der Waals surface area contributed by atoms with E-state index in [0.29, 0.717) is 17.2 Å². The Morgan fingerprint density at radius 1 is 1.07 bits per heavy atom. The minimum atomic E-state index is -0.741. The lowest BCUT2D eigenvalue weighted by Crippen LogP contribution is -2.42. The normalized spacial score (nSPS) is 17.8. The van der Waals surface area contributed by atoms with Crippen molar-refractivity contribution in [1.29, 1.82) is 0 Å². The van der Waals surface area contributed by atoms with Crippen LogP contribution in [0.3, 0.4) is 0 Å². The molecule has 27 heavy (non-hydrogen) atoms. The van der Waals surface area contributed by atoms with Gasteiger partial charge in [-0.25, -0.2) is 5.43 Å². The second-order valence-corrected chi connectivity index (χ2v) is 6.04. The number of rotatable bonds is 4. The Morgan fingerprint density at radius 3 is 2.74 bits per heavy atom. The van der Waals surface area contributed by atoms with Crippen LogP contribution in [0.1, 0.15) is 12.5 Å². The molecule has 1 atom stereocenters. The van der Waals surface area contributed by atoms with Crippen molar-refractivity contribution in [3.8, 4) is 23.0 Å². The molecule has 0 aliphatic carbocycles. The van der Waals surface area contributed by atoms with E-state index >= 15 is 0 Å². The van der Waals surface area contributed by atoms with Crippen LogP contribution in [-0.4, -0.2) is 31.1 Å². The number of hydrazone groups is 1. The van der Waals surface area contributed by atoms with Gasteiger partial charge in [0.15, 0.2) is 23.0 Å². The maximum absolute atomic E-state index is 12.2. The van der Waals surface area contributed by atoms with E-state index in [9.17, 15) is 4.79 Å². The molecule has 0 fully saturated rings. The predicted molar refractivity (Wildman–Crippen MR) is 99.2 cm³/mol. The number of fused-ring (bicyclic) bond motifs is 2. The third kappa shape index (κ3) is 3.87. The third-order valence-corrected chi connectivity index (χ3v) is 4.06. The van der Waals surface area contributed by atoms with Gasteiger partial charge in [-0.3, -0.25) is 4.79 Å². The molecule has 0 aromatic heterocycles. The monoisotopic (exact) mass is 366 g/mol. The molecule has 1 N–H and O–H groups in total. The minimum Gasteiger partial charge on any atom is -0.485 e. The summed E-state index contributed by atoms with van der Waals surface area (Å²) in [4.78, 5) is 12.2. The Hall–Kier alpha value is -3.48. The lowest BCUT2D eigenvalue weighted by atomic mass is 10.2. The number of nitrogens with one attached hydrogen (secondary N) is 1. The fraction of sp³-hybridized carbons (Fsp3) is 0.200. The summed E-state index contributed by atoms with van der Waals surface area (Å²) in [6.07, 6.45) is 2.93. The van der Waals surface area contributed by atoms with Gasteiger partial charge in [0.2, 0.25) is 12.9 Å². The second-order valence-electron chi connectivity index (χ2n) is 6.04. The zero-order valence-corrected chi connectivity index (χ0v) is 14.7. The Labute approximate surface area is 156 Å². The SMILES string of the molecule is CC(/C=C/c1ccc2c(c1)OCO2)=N\NC(=O)[C@H]1COc2ccccc2O1. The lowest BCUT2D eigenvalue weighted by Gasteiger charge is -2.24. The largest absolute Gasteiger partial charge is 0.485 e. The number of para-hydroxylation sites is 2. The van der Waals surface area contributed by atoms with Crippen molar-refractivity contribution in [3.63, 3.8) is 0 Å². The van der Waals surface area contributed by atoms with Crippen LogP contribution < -0.4 is 24.4 Å². The molecule has 0 radical (unpaired) electrons. The maximum Gasteiger partial charge on any atom is 0.284 e. The van der Waals surface area contributed by atoms with Crippen LogP contribution in [0.25, 0.3) is 6.08 Å². The number of amides is 1. The number of carbonyl (C=O) groups is 1. The van der Waals surface area contributed by atoms with Crippen molar-refractivity contribution in [2.75, 3.05) is 13.4 Å². The van der Waals surface area contributed by atoms with Crippen LogP contribution >= 0.6 is 0 Å². The lowest BCUT2D eigenvalue weighted by molar-refractivity contribution is -0.130. The van der Waals surface area contributed by atoms with Gasteiger partial charge in [0, 0.05) is 0 Å². The average Bonchev–Trinajstić information content (AvgIpc) is 3.18. The molecule has 7 nitrogen and oxygen atoms in total. The number of hydrogen-bond acceptors (Lipinski definition) is 6. The van der Waals surface area contributed by atoms with Crippen molar-refractivity contribution in [2.45, 2.75) is 13.0 Å². The van der Waals surface area contributed by atoms with Crippen LogP contribution in [0.4, 0.5) is 0 Å². The highest BCUT2D eigenvalue weighted by Crippen LogP contribution is 2.33. The predicted octanol–water partition coefficient (Wildman–Crippen LogP) is 2.76. The van der Waals surface area contributed by atoms with Gasteiger partial charge in [0.25, 0.3) is 5.91 Å². The number of ether oxygens (including phenoxy) is 4. The Balaban J connectivity index is 1.34. The molecule has 0 spiro atoms. The first-order chi connectivity index (χ1) is 13.2. The number of hydrogen-bond donors (Lipinski definition) is 1.